The Labute approximate surface area is 118 Å². The summed E-state index contributed by atoms with van der Waals surface area (Å²) < 4.78 is 10.9. The van der Waals surface area contributed by atoms with Gasteiger partial charge in [0.1, 0.15) is 11.5 Å². The molecule has 1 aromatic rings. The van der Waals surface area contributed by atoms with Gasteiger partial charge in [-0.3, -0.25) is 4.99 Å². The molecule has 0 heterocycles. The molecule has 0 aliphatic heterocycles. The molecule has 0 unspecified atom stereocenters. The van der Waals surface area contributed by atoms with E-state index in [1.807, 2.05) is 31.2 Å². The fourth-order valence-electron chi connectivity index (χ4n) is 1.30. The molecule has 4 nitrogen and oxygen atoms in total. The molecule has 104 valence electrons. The Morgan fingerprint density at radius 1 is 1.32 bits per heavy atom. The summed E-state index contributed by atoms with van der Waals surface area (Å²) in [5, 5.41) is 0.565. The SMILES string of the molecule is C=CCN=C(N)SCCOc1ccc(OCC)cc1. The first-order chi connectivity index (χ1) is 9.26. The zero-order chi connectivity index (χ0) is 13.9. The molecule has 0 aliphatic carbocycles. The summed E-state index contributed by atoms with van der Waals surface area (Å²) in [6, 6.07) is 7.58. The number of rotatable bonds is 8. The Hall–Kier alpha value is -1.62. The van der Waals surface area contributed by atoms with Crippen molar-refractivity contribution in [3.05, 3.63) is 36.9 Å². The van der Waals surface area contributed by atoms with Crippen molar-refractivity contribution in [1.29, 1.82) is 0 Å². The van der Waals surface area contributed by atoms with E-state index in [-0.39, 0.29) is 0 Å². The molecule has 0 aromatic heterocycles. The van der Waals surface area contributed by atoms with E-state index in [2.05, 4.69) is 11.6 Å². The summed E-state index contributed by atoms with van der Waals surface area (Å²) in [5.41, 5.74) is 5.69. The van der Waals surface area contributed by atoms with Crippen LogP contribution in [-0.4, -0.2) is 30.7 Å². The molecule has 0 aliphatic rings. The fourth-order valence-corrected chi connectivity index (χ4v) is 1.85. The second kappa shape index (κ2) is 9.33. The molecule has 2 N–H and O–H groups in total. The van der Waals surface area contributed by atoms with Crippen LogP contribution in [0.2, 0.25) is 0 Å². The van der Waals surface area contributed by atoms with Crippen molar-refractivity contribution in [3.63, 3.8) is 0 Å². The van der Waals surface area contributed by atoms with Gasteiger partial charge in [0.25, 0.3) is 0 Å². The van der Waals surface area contributed by atoms with Gasteiger partial charge in [-0.2, -0.15) is 0 Å². The molecule has 0 spiro atoms. The predicted octanol–water partition coefficient (Wildman–Crippen LogP) is 2.70. The van der Waals surface area contributed by atoms with E-state index in [1.165, 1.54) is 11.8 Å². The van der Waals surface area contributed by atoms with Crippen LogP contribution in [0.4, 0.5) is 0 Å². The van der Waals surface area contributed by atoms with Crippen LogP contribution >= 0.6 is 11.8 Å². The summed E-state index contributed by atoms with van der Waals surface area (Å²) in [7, 11) is 0. The Morgan fingerprint density at radius 2 is 1.95 bits per heavy atom. The molecule has 5 heteroatoms. The van der Waals surface area contributed by atoms with Gasteiger partial charge in [-0.1, -0.05) is 17.8 Å². The Morgan fingerprint density at radius 3 is 2.53 bits per heavy atom. The minimum absolute atomic E-state index is 0.554. The van der Waals surface area contributed by atoms with Crippen LogP contribution in [0.3, 0.4) is 0 Å². The van der Waals surface area contributed by atoms with E-state index >= 15 is 0 Å². The van der Waals surface area contributed by atoms with Crippen LogP contribution in [0.15, 0.2) is 41.9 Å². The largest absolute Gasteiger partial charge is 0.494 e. The van der Waals surface area contributed by atoms with Crippen LogP contribution in [0.1, 0.15) is 6.92 Å². The van der Waals surface area contributed by atoms with Crippen molar-refractivity contribution in [2.75, 3.05) is 25.5 Å². The topological polar surface area (TPSA) is 56.8 Å². The zero-order valence-corrected chi connectivity index (χ0v) is 12.0. The lowest BCUT2D eigenvalue weighted by atomic mass is 10.3. The van der Waals surface area contributed by atoms with Crippen molar-refractivity contribution in [1.82, 2.24) is 0 Å². The standard InChI is InChI=1S/C14H20N2O2S/c1-3-9-16-14(15)19-11-10-18-13-7-5-12(6-8-13)17-4-2/h3,5-8H,1,4,9-11H2,2H3,(H2,15,16). The maximum atomic E-state index is 5.69. The monoisotopic (exact) mass is 280 g/mol. The third-order valence-electron chi connectivity index (χ3n) is 2.11. The van der Waals surface area contributed by atoms with Crippen LogP contribution in [0, 0.1) is 0 Å². The van der Waals surface area contributed by atoms with E-state index in [4.69, 9.17) is 15.2 Å². The molecular weight excluding hydrogens is 260 g/mol. The van der Waals surface area contributed by atoms with Gasteiger partial charge in [0.05, 0.1) is 19.8 Å². The van der Waals surface area contributed by atoms with Crippen LogP contribution < -0.4 is 15.2 Å². The fraction of sp³-hybridized carbons (Fsp3) is 0.357. The van der Waals surface area contributed by atoms with Gasteiger partial charge in [0.15, 0.2) is 5.17 Å². The molecule has 0 radical (unpaired) electrons. The second-order valence-corrected chi connectivity index (χ2v) is 4.68. The number of hydrogen-bond acceptors (Lipinski definition) is 4. The van der Waals surface area contributed by atoms with Crippen LogP contribution in [0.5, 0.6) is 11.5 Å². The van der Waals surface area contributed by atoms with E-state index < -0.39 is 0 Å². The van der Waals surface area contributed by atoms with E-state index in [0.717, 1.165) is 17.3 Å². The minimum Gasteiger partial charge on any atom is -0.494 e. The van der Waals surface area contributed by atoms with Crippen LogP contribution in [0.25, 0.3) is 0 Å². The summed E-state index contributed by atoms with van der Waals surface area (Å²) in [6.07, 6.45) is 1.71. The average molecular weight is 280 g/mol. The Kier molecular flexibility index (Phi) is 7.58. The maximum absolute atomic E-state index is 5.69. The third-order valence-corrected chi connectivity index (χ3v) is 2.91. The lowest BCUT2D eigenvalue weighted by molar-refractivity contribution is 0.332. The lowest BCUT2D eigenvalue weighted by Crippen LogP contribution is -2.10. The van der Waals surface area contributed by atoms with Gasteiger partial charge in [0, 0.05) is 5.75 Å². The van der Waals surface area contributed by atoms with Crippen molar-refractivity contribution >= 4 is 16.9 Å². The van der Waals surface area contributed by atoms with E-state index in [9.17, 15) is 0 Å². The first-order valence-electron chi connectivity index (χ1n) is 6.15. The number of ether oxygens (including phenoxy) is 2. The summed E-state index contributed by atoms with van der Waals surface area (Å²) in [6.45, 7) is 7.35. The van der Waals surface area contributed by atoms with Gasteiger partial charge in [-0.05, 0) is 31.2 Å². The number of thioether (sulfide) groups is 1. The molecule has 0 fully saturated rings. The average Bonchev–Trinajstić information content (AvgIpc) is 2.43. The molecule has 1 aromatic carbocycles. The third kappa shape index (κ3) is 6.76. The molecular formula is C14H20N2O2S. The molecule has 0 atom stereocenters. The first kappa shape index (κ1) is 15.4. The molecule has 0 bridgehead atoms. The van der Waals surface area contributed by atoms with Gasteiger partial charge < -0.3 is 15.2 Å². The van der Waals surface area contributed by atoms with Gasteiger partial charge in [-0.25, -0.2) is 0 Å². The highest BCUT2D eigenvalue weighted by Gasteiger charge is 1.97. The normalized spacial score (nSPS) is 11.1. The number of aliphatic imine (C=N–C) groups is 1. The molecule has 0 amide bonds. The maximum Gasteiger partial charge on any atom is 0.154 e. The van der Waals surface area contributed by atoms with E-state index in [0.29, 0.717) is 24.9 Å². The van der Waals surface area contributed by atoms with Crippen molar-refractivity contribution in [2.24, 2.45) is 10.7 Å². The molecule has 19 heavy (non-hydrogen) atoms. The smallest absolute Gasteiger partial charge is 0.154 e. The number of amidine groups is 1. The number of hydrogen-bond donors (Lipinski definition) is 1. The highest BCUT2D eigenvalue weighted by molar-refractivity contribution is 8.13. The Balaban J connectivity index is 2.23. The molecule has 0 saturated carbocycles. The summed E-state index contributed by atoms with van der Waals surface area (Å²) in [5.74, 6) is 2.44. The van der Waals surface area contributed by atoms with Crippen molar-refractivity contribution in [3.8, 4) is 11.5 Å². The number of nitrogens with two attached hydrogens (primary N) is 1. The minimum atomic E-state index is 0.554. The first-order valence-corrected chi connectivity index (χ1v) is 7.14. The molecule has 0 saturated heterocycles. The lowest BCUT2D eigenvalue weighted by Gasteiger charge is -2.07. The highest BCUT2D eigenvalue weighted by atomic mass is 32.2. The number of nitrogens with zero attached hydrogens (tertiary/aromatic N) is 1. The second-order valence-electron chi connectivity index (χ2n) is 3.57. The quantitative estimate of drug-likeness (QED) is 0.344. The summed E-state index contributed by atoms with van der Waals surface area (Å²) >= 11 is 1.48. The predicted molar refractivity (Wildman–Crippen MR) is 82.3 cm³/mol. The molecule has 1 rings (SSSR count). The Bertz CT molecular complexity index is 404. The van der Waals surface area contributed by atoms with Crippen molar-refractivity contribution in [2.45, 2.75) is 6.92 Å². The van der Waals surface area contributed by atoms with Gasteiger partial charge in [0.2, 0.25) is 0 Å². The van der Waals surface area contributed by atoms with Crippen molar-refractivity contribution < 1.29 is 9.47 Å². The van der Waals surface area contributed by atoms with E-state index in [1.54, 1.807) is 6.08 Å². The summed E-state index contributed by atoms with van der Waals surface area (Å²) in [4.78, 5) is 4.09. The highest BCUT2D eigenvalue weighted by Crippen LogP contribution is 2.17. The zero-order valence-electron chi connectivity index (χ0n) is 11.2. The van der Waals surface area contributed by atoms with Crippen LogP contribution in [-0.2, 0) is 0 Å². The number of benzene rings is 1. The van der Waals surface area contributed by atoms with Gasteiger partial charge in [-0.15, -0.1) is 6.58 Å². The van der Waals surface area contributed by atoms with Gasteiger partial charge >= 0.3 is 0 Å².